The van der Waals surface area contributed by atoms with E-state index in [4.69, 9.17) is 5.11 Å². The van der Waals surface area contributed by atoms with Gasteiger partial charge in [-0.15, -0.1) is 10.2 Å². The third-order valence-electron chi connectivity index (χ3n) is 3.72. The summed E-state index contributed by atoms with van der Waals surface area (Å²) in [5, 5.41) is 17.9. The van der Waals surface area contributed by atoms with Gasteiger partial charge in [0.05, 0.1) is 5.75 Å². The van der Waals surface area contributed by atoms with Gasteiger partial charge in [-0.3, -0.25) is 4.79 Å². The predicted octanol–water partition coefficient (Wildman–Crippen LogP) is 3.09. The molecule has 1 aromatic heterocycles. The molecule has 0 aliphatic carbocycles. The molecule has 0 saturated carbocycles. The molecule has 1 N–H and O–H groups in total. The topological polar surface area (TPSA) is 68.0 Å². The summed E-state index contributed by atoms with van der Waals surface area (Å²) in [4.78, 5) is 10.7. The largest absolute Gasteiger partial charge is 0.481 e. The zero-order valence-corrected chi connectivity index (χ0v) is 13.8. The van der Waals surface area contributed by atoms with Crippen LogP contribution in [0.1, 0.15) is 46.9 Å². The number of rotatable bonds is 8. The molecular weight excluding hydrogens is 274 g/mol. The van der Waals surface area contributed by atoms with Gasteiger partial charge in [-0.05, 0) is 17.8 Å². The summed E-state index contributed by atoms with van der Waals surface area (Å²) in [5.41, 5.74) is 0.114. The van der Waals surface area contributed by atoms with Crippen LogP contribution in [-0.4, -0.2) is 31.6 Å². The standard InChI is InChI=1S/C14H25N3O2S/c1-6-7-11-15-16-13(20-8-12(18)19)17(11)9-14(4,5)10(2)3/h10H,6-9H2,1-5H3,(H,18,19). The van der Waals surface area contributed by atoms with Crippen molar-refractivity contribution in [1.82, 2.24) is 14.8 Å². The molecule has 0 aliphatic rings. The van der Waals surface area contributed by atoms with E-state index >= 15 is 0 Å². The van der Waals surface area contributed by atoms with Crippen molar-refractivity contribution in [1.29, 1.82) is 0 Å². The lowest BCUT2D eigenvalue weighted by Gasteiger charge is -2.30. The summed E-state index contributed by atoms with van der Waals surface area (Å²) < 4.78 is 2.09. The lowest BCUT2D eigenvalue weighted by molar-refractivity contribution is -0.133. The highest BCUT2D eigenvalue weighted by molar-refractivity contribution is 7.99. The second kappa shape index (κ2) is 7.11. The third kappa shape index (κ3) is 4.51. The minimum absolute atomic E-state index is 0.0202. The highest BCUT2D eigenvalue weighted by atomic mass is 32.2. The zero-order valence-electron chi connectivity index (χ0n) is 13.0. The maximum atomic E-state index is 10.7. The Morgan fingerprint density at radius 1 is 1.40 bits per heavy atom. The van der Waals surface area contributed by atoms with E-state index in [1.54, 1.807) is 0 Å². The van der Waals surface area contributed by atoms with Crippen LogP contribution in [0.5, 0.6) is 0 Å². The fraction of sp³-hybridized carbons (Fsp3) is 0.786. The third-order valence-corrected chi connectivity index (χ3v) is 4.67. The molecule has 0 spiro atoms. The van der Waals surface area contributed by atoms with Crippen molar-refractivity contribution in [2.24, 2.45) is 11.3 Å². The Kier molecular flexibility index (Phi) is 6.05. The number of aryl methyl sites for hydroxylation is 1. The Morgan fingerprint density at radius 2 is 2.05 bits per heavy atom. The molecule has 0 fully saturated rings. The SMILES string of the molecule is CCCc1nnc(SCC(=O)O)n1CC(C)(C)C(C)C. The van der Waals surface area contributed by atoms with Crippen molar-refractivity contribution in [2.45, 2.75) is 59.2 Å². The Bertz CT molecular complexity index is 455. The predicted molar refractivity (Wildman–Crippen MR) is 81.0 cm³/mol. The van der Waals surface area contributed by atoms with Gasteiger partial charge in [0.1, 0.15) is 5.82 Å². The van der Waals surface area contributed by atoms with E-state index in [1.807, 2.05) is 0 Å². The number of hydrogen-bond acceptors (Lipinski definition) is 4. The van der Waals surface area contributed by atoms with E-state index in [9.17, 15) is 4.79 Å². The highest BCUT2D eigenvalue weighted by Gasteiger charge is 2.26. The fourth-order valence-electron chi connectivity index (χ4n) is 1.71. The van der Waals surface area contributed by atoms with Gasteiger partial charge in [0.2, 0.25) is 0 Å². The van der Waals surface area contributed by atoms with Crippen LogP contribution in [0.4, 0.5) is 0 Å². The molecule has 0 aliphatic heterocycles. The molecule has 6 heteroatoms. The van der Waals surface area contributed by atoms with Crippen LogP contribution >= 0.6 is 11.8 Å². The minimum Gasteiger partial charge on any atom is -0.481 e. The number of carbonyl (C=O) groups is 1. The van der Waals surface area contributed by atoms with E-state index in [0.29, 0.717) is 11.1 Å². The number of nitrogens with zero attached hydrogens (tertiary/aromatic N) is 3. The normalized spacial score (nSPS) is 12.1. The molecule has 114 valence electrons. The molecule has 0 saturated heterocycles. The Balaban J connectivity index is 2.99. The second-order valence-electron chi connectivity index (χ2n) is 6.06. The van der Waals surface area contributed by atoms with Gasteiger partial charge >= 0.3 is 5.97 Å². The monoisotopic (exact) mass is 299 g/mol. The lowest BCUT2D eigenvalue weighted by Crippen LogP contribution is -2.27. The van der Waals surface area contributed by atoms with Gasteiger partial charge in [-0.2, -0.15) is 0 Å². The smallest absolute Gasteiger partial charge is 0.313 e. The van der Waals surface area contributed by atoms with Crippen molar-refractivity contribution >= 4 is 17.7 Å². The van der Waals surface area contributed by atoms with Gasteiger partial charge in [-0.25, -0.2) is 0 Å². The first-order valence-electron chi connectivity index (χ1n) is 7.04. The molecule has 20 heavy (non-hydrogen) atoms. The summed E-state index contributed by atoms with van der Waals surface area (Å²) in [7, 11) is 0. The summed E-state index contributed by atoms with van der Waals surface area (Å²) in [5.74, 6) is 0.669. The van der Waals surface area contributed by atoms with Crippen molar-refractivity contribution in [3.63, 3.8) is 0 Å². The second-order valence-corrected chi connectivity index (χ2v) is 7.00. The molecule has 0 amide bonds. The van der Waals surface area contributed by atoms with Crippen molar-refractivity contribution in [3.05, 3.63) is 5.82 Å². The number of thioether (sulfide) groups is 1. The molecule has 1 heterocycles. The van der Waals surface area contributed by atoms with Gasteiger partial charge in [0.25, 0.3) is 0 Å². The number of aliphatic carboxylic acids is 1. The van der Waals surface area contributed by atoms with Gasteiger partial charge in [0, 0.05) is 13.0 Å². The quantitative estimate of drug-likeness (QED) is 0.747. The van der Waals surface area contributed by atoms with E-state index in [0.717, 1.165) is 25.2 Å². The van der Waals surface area contributed by atoms with Crippen molar-refractivity contribution in [3.8, 4) is 0 Å². The Morgan fingerprint density at radius 3 is 2.55 bits per heavy atom. The summed E-state index contributed by atoms with van der Waals surface area (Å²) >= 11 is 1.24. The van der Waals surface area contributed by atoms with E-state index in [-0.39, 0.29) is 11.2 Å². The van der Waals surface area contributed by atoms with Crippen LogP contribution in [0.25, 0.3) is 0 Å². The molecule has 0 radical (unpaired) electrons. The molecule has 5 nitrogen and oxygen atoms in total. The molecule has 1 aromatic rings. The zero-order chi connectivity index (χ0) is 15.3. The molecule has 1 rings (SSSR count). The van der Waals surface area contributed by atoms with Crippen LogP contribution < -0.4 is 0 Å². The Hall–Kier alpha value is -1.04. The minimum atomic E-state index is -0.829. The van der Waals surface area contributed by atoms with E-state index in [2.05, 4.69) is 49.4 Å². The van der Waals surface area contributed by atoms with Crippen LogP contribution in [0, 0.1) is 11.3 Å². The molecule has 0 unspecified atom stereocenters. The lowest BCUT2D eigenvalue weighted by atomic mass is 9.81. The number of carboxylic acids is 1. The first-order valence-corrected chi connectivity index (χ1v) is 8.03. The average Bonchev–Trinajstić information content (AvgIpc) is 2.69. The number of aromatic nitrogens is 3. The molecular formula is C14H25N3O2S. The van der Waals surface area contributed by atoms with Crippen LogP contribution in [-0.2, 0) is 17.8 Å². The molecule has 0 atom stereocenters. The highest BCUT2D eigenvalue weighted by Crippen LogP contribution is 2.30. The van der Waals surface area contributed by atoms with Crippen LogP contribution in [0.3, 0.4) is 0 Å². The molecule has 0 aromatic carbocycles. The van der Waals surface area contributed by atoms with Crippen LogP contribution in [0.15, 0.2) is 5.16 Å². The van der Waals surface area contributed by atoms with Crippen molar-refractivity contribution in [2.75, 3.05) is 5.75 Å². The first kappa shape index (κ1) is 17.0. The van der Waals surface area contributed by atoms with Gasteiger partial charge < -0.3 is 9.67 Å². The summed E-state index contributed by atoms with van der Waals surface area (Å²) in [6, 6.07) is 0. The van der Waals surface area contributed by atoms with Gasteiger partial charge in [0.15, 0.2) is 5.16 Å². The summed E-state index contributed by atoms with van der Waals surface area (Å²) in [6.45, 7) is 11.8. The van der Waals surface area contributed by atoms with Crippen molar-refractivity contribution < 1.29 is 9.90 Å². The van der Waals surface area contributed by atoms with E-state index in [1.165, 1.54) is 11.8 Å². The van der Waals surface area contributed by atoms with Crippen LogP contribution in [0.2, 0.25) is 0 Å². The Labute approximate surface area is 125 Å². The van der Waals surface area contributed by atoms with E-state index < -0.39 is 5.97 Å². The maximum absolute atomic E-state index is 10.7. The number of carboxylic acid groups (broad SMARTS) is 1. The first-order chi connectivity index (χ1) is 9.27. The van der Waals surface area contributed by atoms with Gasteiger partial charge in [-0.1, -0.05) is 46.4 Å². The molecule has 0 bridgehead atoms. The maximum Gasteiger partial charge on any atom is 0.313 e. The number of hydrogen-bond donors (Lipinski definition) is 1. The summed E-state index contributed by atoms with van der Waals surface area (Å²) in [6.07, 6.45) is 1.87. The average molecular weight is 299 g/mol. The fourth-order valence-corrected chi connectivity index (χ4v) is 2.39.